The van der Waals surface area contributed by atoms with Crippen molar-refractivity contribution in [1.29, 1.82) is 0 Å². The lowest BCUT2D eigenvalue weighted by atomic mass is 9.97. The predicted molar refractivity (Wildman–Crippen MR) is 123 cm³/mol. The summed E-state index contributed by atoms with van der Waals surface area (Å²) >= 11 is 3.72. The van der Waals surface area contributed by atoms with E-state index in [2.05, 4.69) is 15.9 Å². The Labute approximate surface area is 188 Å². The number of aliphatic hydroxyl groups is 1. The number of hydrogen-bond donors (Lipinski definition) is 2. The molecule has 0 radical (unpaired) electrons. The zero-order chi connectivity index (χ0) is 21.7. The van der Waals surface area contributed by atoms with Gasteiger partial charge >= 0.3 is 5.97 Å². The lowest BCUT2D eigenvalue weighted by Crippen LogP contribution is -2.07. The van der Waals surface area contributed by atoms with Crippen molar-refractivity contribution >= 4 is 27.5 Å². The first-order valence-corrected chi connectivity index (χ1v) is 11.0. The quantitative estimate of drug-likeness (QED) is 0.385. The van der Waals surface area contributed by atoms with Crippen molar-refractivity contribution in [3.8, 4) is 11.1 Å². The number of aliphatic hydroxyl groups excluding tert-OH is 1. The average molecular weight is 477 g/mol. The van der Waals surface area contributed by atoms with Crippen LogP contribution in [-0.4, -0.2) is 25.6 Å². The topological polar surface area (TPSA) is 74.8 Å². The largest absolute Gasteiger partial charge is 0.478 e. The van der Waals surface area contributed by atoms with Gasteiger partial charge in [-0.1, -0.05) is 48.5 Å². The van der Waals surface area contributed by atoms with E-state index in [0.717, 1.165) is 51.2 Å². The fourth-order valence-electron chi connectivity index (χ4n) is 4.04. The molecule has 0 saturated heterocycles. The summed E-state index contributed by atoms with van der Waals surface area (Å²) in [6, 6.07) is 18.2. The molecule has 2 aromatic heterocycles. The van der Waals surface area contributed by atoms with Gasteiger partial charge in [0, 0.05) is 5.92 Å². The Morgan fingerprint density at radius 1 is 1.10 bits per heavy atom. The molecule has 2 N–H and O–H groups in total. The lowest BCUT2D eigenvalue weighted by Gasteiger charge is -2.16. The van der Waals surface area contributed by atoms with Crippen LogP contribution in [0.15, 0.2) is 65.3 Å². The van der Waals surface area contributed by atoms with Crippen molar-refractivity contribution in [3.63, 3.8) is 0 Å². The number of imidazole rings is 1. The Bertz CT molecular complexity index is 1310. The number of nitrogens with zero attached hydrogens (tertiary/aromatic N) is 2. The van der Waals surface area contributed by atoms with E-state index < -0.39 is 12.1 Å². The van der Waals surface area contributed by atoms with E-state index in [9.17, 15) is 15.0 Å². The van der Waals surface area contributed by atoms with Crippen LogP contribution < -0.4 is 0 Å². The van der Waals surface area contributed by atoms with Crippen LogP contribution in [0.5, 0.6) is 0 Å². The number of aromatic carboxylic acids is 1. The molecule has 2 heterocycles. The number of rotatable bonds is 5. The fraction of sp³-hybridized carbons (Fsp3) is 0.200. The molecule has 5 nitrogen and oxygen atoms in total. The minimum absolute atomic E-state index is 0.256. The molecule has 0 spiro atoms. The van der Waals surface area contributed by atoms with Crippen LogP contribution >= 0.6 is 15.9 Å². The molecule has 1 atom stereocenters. The third-order valence-corrected chi connectivity index (χ3v) is 6.66. The van der Waals surface area contributed by atoms with Gasteiger partial charge in [0.2, 0.25) is 0 Å². The van der Waals surface area contributed by atoms with Crippen LogP contribution in [0.3, 0.4) is 0 Å². The molecule has 1 aliphatic carbocycles. The number of halogens is 1. The van der Waals surface area contributed by atoms with Crippen LogP contribution in [0.25, 0.3) is 16.8 Å². The maximum atomic E-state index is 11.5. The number of aromatic nitrogens is 2. The normalized spacial score (nSPS) is 14.7. The van der Waals surface area contributed by atoms with Gasteiger partial charge in [-0.05, 0) is 70.1 Å². The van der Waals surface area contributed by atoms with Gasteiger partial charge in [-0.2, -0.15) is 0 Å². The molecule has 0 aliphatic heterocycles. The fourth-order valence-corrected chi connectivity index (χ4v) is 4.83. The summed E-state index contributed by atoms with van der Waals surface area (Å²) in [6.07, 6.45) is 1.46. The standard InChI is InChI=1S/C25H21BrN2O3/c1-14-6-13-20(28-23(26)21(16-9-10-16)27-24(14)28)22(29)17-11-7-15(8-12-17)18-4-2-3-5-19(18)25(30)31/h2-8,11-13,16,22,29H,9-10H2,1H3,(H,30,31)/t22-/m1/s1. The van der Waals surface area contributed by atoms with Crippen LogP contribution in [0, 0.1) is 6.92 Å². The van der Waals surface area contributed by atoms with E-state index in [1.165, 1.54) is 0 Å². The zero-order valence-corrected chi connectivity index (χ0v) is 18.5. The average Bonchev–Trinajstić information content (AvgIpc) is 3.57. The summed E-state index contributed by atoms with van der Waals surface area (Å²) < 4.78 is 2.91. The van der Waals surface area contributed by atoms with Crippen molar-refractivity contribution in [3.05, 3.63) is 93.3 Å². The van der Waals surface area contributed by atoms with Crippen molar-refractivity contribution in [2.24, 2.45) is 0 Å². The number of aryl methyl sites for hydroxylation is 1. The van der Waals surface area contributed by atoms with Gasteiger partial charge in [-0.25, -0.2) is 9.78 Å². The van der Waals surface area contributed by atoms with E-state index in [0.29, 0.717) is 11.5 Å². The Morgan fingerprint density at radius 2 is 1.81 bits per heavy atom. The summed E-state index contributed by atoms with van der Waals surface area (Å²) in [5.41, 5.74) is 6.15. The Hall–Kier alpha value is -2.96. The van der Waals surface area contributed by atoms with E-state index in [-0.39, 0.29) is 5.56 Å². The van der Waals surface area contributed by atoms with Crippen LogP contribution in [0.2, 0.25) is 0 Å². The minimum atomic E-state index is -0.960. The highest BCUT2D eigenvalue weighted by atomic mass is 79.9. The summed E-state index contributed by atoms with van der Waals surface area (Å²) in [5, 5.41) is 20.7. The summed E-state index contributed by atoms with van der Waals surface area (Å²) in [7, 11) is 0. The van der Waals surface area contributed by atoms with E-state index >= 15 is 0 Å². The molecule has 1 fully saturated rings. The van der Waals surface area contributed by atoms with Crippen LogP contribution in [0.1, 0.15) is 57.7 Å². The molecule has 1 saturated carbocycles. The van der Waals surface area contributed by atoms with Gasteiger partial charge in [0.1, 0.15) is 16.4 Å². The van der Waals surface area contributed by atoms with E-state index in [4.69, 9.17) is 4.98 Å². The maximum Gasteiger partial charge on any atom is 0.336 e. The highest BCUT2D eigenvalue weighted by molar-refractivity contribution is 9.10. The first kappa shape index (κ1) is 20.0. The second-order valence-corrected chi connectivity index (χ2v) is 8.79. The number of pyridine rings is 1. The highest BCUT2D eigenvalue weighted by Crippen LogP contribution is 2.44. The maximum absolute atomic E-state index is 11.5. The zero-order valence-electron chi connectivity index (χ0n) is 16.9. The smallest absolute Gasteiger partial charge is 0.336 e. The number of carboxylic acids is 1. The number of carboxylic acid groups (broad SMARTS) is 1. The summed E-state index contributed by atoms with van der Waals surface area (Å²) in [6.45, 7) is 2.02. The van der Waals surface area contributed by atoms with Crippen molar-refractivity contribution < 1.29 is 15.0 Å². The van der Waals surface area contributed by atoms with Crippen LogP contribution in [-0.2, 0) is 0 Å². The number of fused-ring (bicyclic) bond motifs is 1. The van der Waals surface area contributed by atoms with Crippen molar-refractivity contribution in [1.82, 2.24) is 9.38 Å². The summed E-state index contributed by atoms with van der Waals surface area (Å²) in [5.74, 6) is -0.467. The highest BCUT2D eigenvalue weighted by Gasteiger charge is 2.31. The second kappa shape index (κ2) is 7.62. The molecule has 2 aromatic carbocycles. The third kappa shape index (κ3) is 3.46. The number of hydrogen-bond acceptors (Lipinski definition) is 3. The van der Waals surface area contributed by atoms with E-state index in [1.807, 2.05) is 53.8 Å². The van der Waals surface area contributed by atoms with Gasteiger partial charge in [0.05, 0.1) is 17.0 Å². The van der Waals surface area contributed by atoms with E-state index in [1.54, 1.807) is 18.2 Å². The minimum Gasteiger partial charge on any atom is -0.478 e. The molecule has 156 valence electrons. The van der Waals surface area contributed by atoms with Crippen molar-refractivity contribution in [2.75, 3.05) is 0 Å². The first-order chi connectivity index (χ1) is 15.0. The number of benzene rings is 2. The molecule has 0 bridgehead atoms. The molecular weight excluding hydrogens is 456 g/mol. The Morgan fingerprint density at radius 3 is 2.48 bits per heavy atom. The van der Waals surface area contributed by atoms with Gasteiger partial charge in [-0.3, -0.25) is 4.40 Å². The Balaban J connectivity index is 1.54. The predicted octanol–water partition coefficient (Wildman–Crippen LogP) is 5.73. The van der Waals surface area contributed by atoms with Crippen LogP contribution in [0.4, 0.5) is 0 Å². The molecule has 5 rings (SSSR count). The molecule has 31 heavy (non-hydrogen) atoms. The molecular formula is C25H21BrN2O3. The van der Waals surface area contributed by atoms with Gasteiger partial charge in [-0.15, -0.1) is 0 Å². The second-order valence-electron chi connectivity index (χ2n) is 8.04. The Kier molecular flexibility index (Phi) is 4.91. The summed E-state index contributed by atoms with van der Waals surface area (Å²) in [4.78, 5) is 16.4. The molecule has 0 unspecified atom stereocenters. The SMILES string of the molecule is Cc1ccc([C@H](O)c2ccc(-c3ccccc3C(=O)O)cc2)n2c(Br)c(C3CC3)nc12. The third-order valence-electron chi connectivity index (χ3n) is 5.90. The van der Waals surface area contributed by atoms with Gasteiger partial charge < -0.3 is 10.2 Å². The lowest BCUT2D eigenvalue weighted by molar-refractivity contribution is 0.0697. The number of carbonyl (C=O) groups is 1. The monoisotopic (exact) mass is 476 g/mol. The first-order valence-electron chi connectivity index (χ1n) is 10.2. The van der Waals surface area contributed by atoms with Gasteiger partial charge in [0.25, 0.3) is 0 Å². The molecule has 4 aromatic rings. The van der Waals surface area contributed by atoms with Crippen molar-refractivity contribution in [2.45, 2.75) is 31.8 Å². The molecule has 0 amide bonds. The molecule has 1 aliphatic rings. The van der Waals surface area contributed by atoms with Gasteiger partial charge in [0.15, 0.2) is 0 Å². The molecule has 6 heteroatoms.